The lowest BCUT2D eigenvalue weighted by atomic mass is 9.96. The molecule has 210 valence electrons. The van der Waals surface area contributed by atoms with Gasteiger partial charge in [0.2, 0.25) is 6.79 Å². The highest BCUT2D eigenvalue weighted by Crippen LogP contribution is 2.35. The molecule has 0 N–H and O–H groups in total. The molecule has 0 saturated heterocycles. The Bertz CT molecular complexity index is 1900. The number of carbonyl (C=O) groups excluding carboxylic acids is 1. The zero-order valence-corrected chi connectivity index (χ0v) is 25.0. The minimum absolute atomic E-state index is 0.199. The first-order valence-electron chi connectivity index (χ1n) is 13.2. The van der Waals surface area contributed by atoms with Crippen molar-refractivity contribution < 1.29 is 19.0 Å². The topological polar surface area (TPSA) is 84.1 Å². The van der Waals surface area contributed by atoms with Crippen molar-refractivity contribution >= 4 is 35.1 Å². The fourth-order valence-corrected chi connectivity index (χ4v) is 6.84. The molecule has 8 nitrogen and oxygen atoms in total. The first kappa shape index (κ1) is 27.2. The Morgan fingerprint density at radius 2 is 1.88 bits per heavy atom. The third kappa shape index (κ3) is 4.70. The summed E-state index contributed by atoms with van der Waals surface area (Å²) in [6, 6.07) is 15.2. The molecule has 4 heterocycles. The van der Waals surface area contributed by atoms with Gasteiger partial charge in [-0.25, -0.2) is 9.79 Å². The molecule has 1 atom stereocenters. The second-order valence-electron chi connectivity index (χ2n) is 9.77. The monoisotopic (exact) mass is 587 g/mol. The van der Waals surface area contributed by atoms with E-state index in [0.29, 0.717) is 26.4 Å². The Balaban J connectivity index is 1.49. The molecule has 0 radical (unpaired) electrons. The van der Waals surface area contributed by atoms with E-state index < -0.39 is 12.0 Å². The zero-order chi connectivity index (χ0) is 28.8. The Hall–Kier alpha value is -4.02. The van der Waals surface area contributed by atoms with Crippen molar-refractivity contribution in [2.75, 3.05) is 19.7 Å². The summed E-state index contributed by atoms with van der Waals surface area (Å²) in [5.74, 6) is 0.977. The molecule has 4 aromatic rings. The van der Waals surface area contributed by atoms with E-state index in [9.17, 15) is 9.59 Å². The summed E-state index contributed by atoms with van der Waals surface area (Å²) < 4.78 is 20.7. The molecule has 2 aliphatic heterocycles. The number of allylic oxidation sites excluding steroid dienone is 1. The summed E-state index contributed by atoms with van der Waals surface area (Å²) in [7, 11) is 0. The summed E-state index contributed by atoms with van der Waals surface area (Å²) in [6.45, 7) is 8.08. The number of hydrogen-bond donors (Lipinski definition) is 0. The van der Waals surface area contributed by atoms with E-state index in [1.165, 1.54) is 11.3 Å². The predicted octanol–water partition coefficient (Wildman–Crippen LogP) is 4.66. The van der Waals surface area contributed by atoms with E-state index in [0.717, 1.165) is 38.8 Å². The summed E-state index contributed by atoms with van der Waals surface area (Å²) in [5.41, 5.74) is 5.44. The number of nitrogens with zero attached hydrogens (tertiary/aromatic N) is 3. The number of esters is 1. The maximum Gasteiger partial charge on any atom is 0.338 e. The molecule has 2 aromatic heterocycles. The van der Waals surface area contributed by atoms with Crippen LogP contribution in [-0.4, -0.2) is 34.8 Å². The lowest BCUT2D eigenvalue weighted by Crippen LogP contribution is -2.39. The number of ether oxygens (including phenoxy) is 3. The molecule has 0 amide bonds. The van der Waals surface area contributed by atoms with Crippen LogP contribution >= 0.6 is 23.1 Å². The van der Waals surface area contributed by atoms with Gasteiger partial charge in [-0.2, -0.15) is 0 Å². The maximum atomic E-state index is 14.0. The summed E-state index contributed by atoms with van der Waals surface area (Å²) in [4.78, 5) is 33.5. The molecule has 0 saturated carbocycles. The molecule has 10 heteroatoms. The molecule has 2 aliphatic rings. The van der Waals surface area contributed by atoms with Crippen molar-refractivity contribution in [3.8, 4) is 17.2 Å². The highest BCUT2D eigenvalue weighted by molar-refractivity contribution is 7.98. The molecule has 0 aliphatic carbocycles. The first-order chi connectivity index (χ1) is 19.8. The van der Waals surface area contributed by atoms with Crippen LogP contribution in [-0.2, 0) is 9.53 Å². The number of aryl methyl sites for hydroxylation is 1. The average Bonchev–Trinajstić information content (AvgIpc) is 3.63. The Morgan fingerprint density at radius 1 is 1.12 bits per heavy atom. The fourth-order valence-electron chi connectivity index (χ4n) is 5.39. The Labute approximate surface area is 245 Å². The first-order valence-corrected chi connectivity index (χ1v) is 15.3. The Morgan fingerprint density at radius 3 is 2.61 bits per heavy atom. The van der Waals surface area contributed by atoms with Crippen molar-refractivity contribution in [2.45, 2.75) is 38.6 Å². The smallest absolute Gasteiger partial charge is 0.338 e. The largest absolute Gasteiger partial charge is 0.463 e. The van der Waals surface area contributed by atoms with Gasteiger partial charge in [-0.3, -0.25) is 9.36 Å². The van der Waals surface area contributed by atoms with E-state index in [-0.39, 0.29) is 19.0 Å². The SMILES string of the molecule is CCOC(=O)C1=C(C)N=c2s/c(=C/c3cc(C)n(-c4ccc5c(c4)OCO5)c3C)c(=O)n2[C@@H]1c1ccc(SC)cc1. The molecule has 0 unspecified atom stereocenters. The quantitative estimate of drug-likeness (QED) is 0.241. The van der Waals surface area contributed by atoms with Crippen molar-refractivity contribution in [1.82, 2.24) is 9.13 Å². The van der Waals surface area contributed by atoms with Crippen LogP contribution in [0.4, 0.5) is 0 Å². The number of carbonyl (C=O) groups is 1. The van der Waals surface area contributed by atoms with Crippen LogP contribution in [0.1, 0.15) is 42.4 Å². The number of hydrogen-bond acceptors (Lipinski definition) is 8. The molecule has 0 spiro atoms. The van der Waals surface area contributed by atoms with Gasteiger partial charge in [0.25, 0.3) is 5.56 Å². The minimum Gasteiger partial charge on any atom is -0.463 e. The maximum absolute atomic E-state index is 14.0. The van der Waals surface area contributed by atoms with E-state index in [4.69, 9.17) is 19.2 Å². The second kappa shape index (κ2) is 10.8. The highest BCUT2D eigenvalue weighted by atomic mass is 32.2. The Kier molecular flexibility index (Phi) is 7.13. The van der Waals surface area contributed by atoms with Crippen LogP contribution in [0.25, 0.3) is 11.8 Å². The number of thioether (sulfide) groups is 1. The van der Waals surface area contributed by atoms with Gasteiger partial charge in [-0.15, -0.1) is 11.8 Å². The van der Waals surface area contributed by atoms with Crippen molar-refractivity contribution in [1.29, 1.82) is 0 Å². The molecule has 6 rings (SSSR count). The summed E-state index contributed by atoms with van der Waals surface area (Å²) in [6.07, 6.45) is 3.92. The molecule has 0 fully saturated rings. The lowest BCUT2D eigenvalue weighted by molar-refractivity contribution is -0.139. The van der Waals surface area contributed by atoms with Gasteiger partial charge in [0.1, 0.15) is 0 Å². The number of fused-ring (bicyclic) bond motifs is 2. The normalized spacial score (nSPS) is 16.1. The van der Waals surface area contributed by atoms with Crippen LogP contribution in [0, 0.1) is 13.8 Å². The van der Waals surface area contributed by atoms with Crippen molar-refractivity contribution in [3.63, 3.8) is 0 Å². The van der Waals surface area contributed by atoms with Gasteiger partial charge in [-0.05, 0) is 81.5 Å². The molecular weight excluding hydrogens is 558 g/mol. The van der Waals surface area contributed by atoms with E-state index >= 15 is 0 Å². The molecule has 0 bridgehead atoms. The highest BCUT2D eigenvalue weighted by Gasteiger charge is 2.33. The molecule has 2 aromatic carbocycles. The predicted molar refractivity (Wildman–Crippen MR) is 160 cm³/mol. The van der Waals surface area contributed by atoms with Crippen LogP contribution in [0.2, 0.25) is 0 Å². The molecular formula is C31H29N3O5S2. The fraction of sp³-hybridized carbons (Fsp3) is 0.258. The zero-order valence-electron chi connectivity index (χ0n) is 23.4. The average molecular weight is 588 g/mol. The number of rotatable bonds is 6. The second-order valence-corrected chi connectivity index (χ2v) is 11.7. The van der Waals surface area contributed by atoms with Crippen molar-refractivity contribution in [2.24, 2.45) is 4.99 Å². The third-order valence-electron chi connectivity index (χ3n) is 7.32. The third-order valence-corrected chi connectivity index (χ3v) is 9.05. The standard InChI is InChI=1S/C31H29N3O5S2/c1-6-37-30(36)27-18(3)32-31-34(28(27)20-7-10-23(40-5)11-8-20)29(35)26(41-31)14-21-13-17(2)33(19(21)4)22-9-12-24-25(15-22)39-16-38-24/h7-15,28H,6,16H2,1-5H3/b26-14+/t28-/m1/s1. The lowest BCUT2D eigenvalue weighted by Gasteiger charge is -2.24. The molecule has 41 heavy (non-hydrogen) atoms. The van der Waals surface area contributed by atoms with E-state index in [1.54, 1.807) is 30.2 Å². The van der Waals surface area contributed by atoms with Gasteiger partial charge in [0, 0.05) is 28.0 Å². The van der Waals surface area contributed by atoms with Gasteiger partial charge < -0.3 is 18.8 Å². The van der Waals surface area contributed by atoms with E-state index in [2.05, 4.69) is 10.6 Å². The van der Waals surface area contributed by atoms with Gasteiger partial charge in [-0.1, -0.05) is 23.5 Å². The van der Waals surface area contributed by atoms with Gasteiger partial charge in [0.05, 0.1) is 28.5 Å². The number of thiazole rings is 1. The van der Waals surface area contributed by atoms with Crippen LogP contribution in [0.5, 0.6) is 11.5 Å². The van der Waals surface area contributed by atoms with E-state index in [1.807, 2.05) is 68.6 Å². The van der Waals surface area contributed by atoms with Crippen LogP contribution < -0.4 is 24.4 Å². The van der Waals surface area contributed by atoms with Crippen molar-refractivity contribution in [3.05, 3.63) is 102 Å². The minimum atomic E-state index is -0.635. The number of aromatic nitrogens is 2. The summed E-state index contributed by atoms with van der Waals surface area (Å²) >= 11 is 2.96. The number of benzene rings is 2. The van der Waals surface area contributed by atoms with Crippen LogP contribution in [0.15, 0.2) is 74.5 Å². The summed E-state index contributed by atoms with van der Waals surface area (Å²) in [5, 5.41) is 0. The van der Waals surface area contributed by atoms with Crippen LogP contribution in [0.3, 0.4) is 0 Å². The van der Waals surface area contributed by atoms with Gasteiger partial charge in [0.15, 0.2) is 16.3 Å². The van der Waals surface area contributed by atoms with Gasteiger partial charge >= 0.3 is 5.97 Å².